The van der Waals surface area contributed by atoms with Gasteiger partial charge >= 0.3 is 7.25 Å². The van der Waals surface area contributed by atoms with Gasteiger partial charge in [0.2, 0.25) is 0 Å². The van der Waals surface area contributed by atoms with E-state index < -0.39 is 14.5 Å². The van der Waals surface area contributed by atoms with Gasteiger partial charge in [-0.15, -0.1) is 0 Å². The van der Waals surface area contributed by atoms with E-state index in [2.05, 4.69) is 98.8 Å². The number of halogens is 7. The molecule has 0 N–H and O–H groups in total. The van der Waals surface area contributed by atoms with Crippen LogP contribution in [0.4, 0.5) is 17.3 Å². The molecule has 0 nitrogen and oxygen atoms in total. The number of aryl methyl sites for hydroxylation is 2. The molecule has 0 unspecified atom stereocenters. The molecule has 0 amide bonds. The summed E-state index contributed by atoms with van der Waals surface area (Å²) in [5.41, 5.74) is 5.06. The molecule has 5 rings (SSSR count). The highest BCUT2D eigenvalue weighted by Crippen LogP contribution is 2.69. The van der Waals surface area contributed by atoms with Gasteiger partial charge < -0.3 is 17.3 Å². The van der Waals surface area contributed by atoms with Gasteiger partial charge in [-0.1, -0.05) is 94.5 Å². The highest BCUT2D eigenvalue weighted by Gasteiger charge is 2.54. The monoisotopic (exact) mass is 646 g/mol. The van der Waals surface area contributed by atoms with Crippen molar-refractivity contribution in [2.24, 2.45) is 0 Å². The van der Waals surface area contributed by atoms with Crippen molar-refractivity contribution >= 4 is 65.2 Å². The molecule has 0 atom stereocenters. The highest BCUT2D eigenvalue weighted by molar-refractivity contribution is 7.96. The van der Waals surface area contributed by atoms with E-state index in [0.29, 0.717) is 0 Å². The molecule has 5 aromatic rings. The standard InChI is InChI=1S/C33H27Cl3P.BF4/c1-23-3-7-25(8-4-23)33(26-9-5-24(2)6-10-26)37(30-17-11-27(34)12-18-30,31-19-13-28(35)14-20-31)32-21-15-29(36)16-22-32;2-1(3,4)5/h3-22,33H,1-2H3;/q+1;-1. The Bertz CT molecular complexity index is 1430. The molecule has 0 bridgehead atoms. The van der Waals surface area contributed by atoms with Crippen molar-refractivity contribution in [1.29, 1.82) is 0 Å². The van der Waals surface area contributed by atoms with Gasteiger partial charge in [0.25, 0.3) is 0 Å². The molecule has 0 saturated heterocycles. The van der Waals surface area contributed by atoms with Crippen molar-refractivity contribution in [3.05, 3.63) is 159 Å². The van der Waals surface area contributed by atoms with Gasteiger partial charge in [0.15, 0.2) is 0 Å². The van der Waals surface area contributed by atoms with E-state index in [1.807, 2.05) is 36.4 Å². The second-order valence-electron chi connectivity index (χ2n) is 9.87. The van der Waals surface area contributed by atoms with Crippen LogP contribution < -0.4 is 15.9 Å². The summed E-state index contributed by atoms with van der Waals surface area (Å²) in [7, 11) is -8.37. The number of benzene rings is 5. The second-order valence-corrected chi connectivity index (χ2v) is 14.7. The zero-order valence-electron chi connectivity index (χ0n) is 22.8. The van der Waals surface area contributed by atoms with Crippen molar-refractivity contribution in [2.75, 3.05) is 0 Å². The summed E-state index contributed by atoms with van der Waals surface area (Å²) < 4.78 is 39.0. The fourth-order valence-electron chi connectivity index (χ4n) is 5.06. The molecule has 0 aromatic heterocycles. The van der Waals surface area contributed by atoms with E-state index >= 15 is 0 Å². The number of hydrogen-bond acceptors (Lipinski definition) is 0. The summed E-state index contributed by atoms with van der Waals surface area (Å²) >= 11 is 19.3. The van der Waals surface area contributed by atoms with Crippen LogP contribution in [-0.2, 0) is 0 Å². The van der Waals surface area contributed by atoms with Crippen molar-refractivity contribution in [2.45, 2.75) is 19.5 Å². The summed E-state index contributed by atoms with van der Waals surface area (Å²) in [6.45, 7) is 4.26. The summed E-state index contributed by atoms with van der Waals surface area (Å²) in [6.07, 6.45) is 0. The lowest BCUT2D eigenvalue weighted by atomic mass is 10.0. The summed E-state index contributed by atoms with van der Waals surface area (Å²) in [4.78, 5) is 0. The smallest absolute Gasteiger partial charge is 0.418 e. The number of hydrogen-bond donors (Lipinski definition) is 0. The Hall–Kier alpha value is -2.82. The average Bonchev–Trinajstić information content (AvgIpc) is 2.94. The molecule has 0 heterocycles. The number of rotatable bonds is 6. The molecule has 5 aromatic carbocycles. The first-order chi connectivity index (χ1) is 19.9. The first-order valence-corrected chi connectivity index (χ1v) is 16.0. The molecule has 42 heavy (non-hydrogen) atoms. The maximum atomic E-state index is 9.75. The Morgan fingerprint density at radius 2 is 0.690 bits per heavy atom. The highest BCUT2D eigenvalue weighted by atomic mass is 35.5. The Morgan fingerprint density at radius 3 is 0.929 bits per heavy atom. The third-order valence-corrected chi connectivity index (χ3v) is 12.3. The molecule has 0 saturated carbocycles. The zero-order chi connectivity index (χ0) is 30.5. The first kappa shape index (κ1) is 32.1. The van der Waals surface area contributed by atoms with Crippen LogP contribution in [0.2, 0.25) is 15.1 Å². The van der Waals surface area contributed by atoms with Crippen LogP contribution in [0.25, 0.3) is 0 Å². The molecule has 0 aliphatic carbocycles. The fourth-order valence-corrected chi connectivity index (χ4v) is 10.3. The normalized spacial score (nSPS) is 11.7. The molecule has 0 radical (unpaired) electrons. The summed E-state index contributed by atoms with van der Waals surface area (Å²) in [5.74, 6) is 0. The van der Waals surface area contributed by atoms with Gasteiger partial charge in [-0.25, -0.2) is 0 Å². The second kappa shape index (κ2) is 13.7. The van der Waals surface area contributed by atoms with Gasteiger partial charge in [0.1, 0.15) is 28.8 Å². The molecule has 0 aliphatic rings. The Kier molecular flexibility index (Phi) is 10.4. The lowest BCUT2D eigenvalue weighted by molar-refractivity contribution is 0.368. The van der Waals surface area contributed by atoms with Gasteiger partial charge in [0.05, 0.1) is 0 Å². The van der Waals surface area contributed by atoms with E-state index in [0.717, 1.165) is 15.1 Å². The van der Waals surface area contributed by atoms with Crippen LogP contribution in [0, 0.1) is 13.8 Å². The quantitative estimate of drug-likeness (QED) is 0.0978. The van der Waals surface area contributed by atoms with E-state index in [1.54, 1.807) is 0 Å². The van der Waals surface area contributed by atoms with E-state index in [9.17, 15) is 17.3 Å². The molecule has 216 valence electrons. The van der Waals surface area contributed by atoms with E-state index in [-0.39, 0.29) is 5.66 Å². The SMILES string of the molecule is Cc1ccc(C(c2ccc(C)cc2)[P+](c2ccc(Cl)cc2)(c2ccc(Cl)cc2)c2ccc(Cl)cc2)cc1.F[B-](F)(F)F. The van der Waals surface area contributed by atoms with Crippen molar-refractivity contribution in [3.63, 3.8) is 0 Å². The lowest BCUT2D eigenvalue weighted by Gasteiger charge is -2.35. The van der Waals surface area contributed by atoms with E-state index in [1.165, 1.54) is 38.2 Å². The largest absolute Gasteiger partial charge is 0.673 e. The van der Waals surface area contributed by atoms with Crippen LogP contribution in [-0.4, -0.2) is 7.25 Å². The van der Waals surface area contributed by atoms with Crippen LogP contribution in [0.15, 0.2) is 121 Å². The molecule has 0 spiro atoms. The average molecular weight is 648 g/mol. The predicted molar refractivity (Wildman–Crippen MR) is 175 cm³/mol. The minimum atomic E-state index is -6.00. The maximum absolute atomic E-state index is 9.75. The van der Waals surface area contributed by atoms with Crippen LogP contribution in [0.5, 0.6) is 0 Å². The summed E-state index contributed by atoms with van der Waals surface area (Å²) in [6, 6.07) is 43.0. The molecule has 0 aliphatic heterocycles. The van der Waals surface area contributed by atoms with Crippen molar-refractivity contribution < 1.29 is 17.3 Å². The third-order valence-electron chi connectivity index (χ3n) is 6.88. The Balaban J connectivity index is 0.000000748. The van der Waals surface area contributed by atoms with Crippen LogP contribution in [0.3, 0.4) is 0 Å². The van der Waals surface area contributed by atoms with Gasteiger partial charge in [-0.05, 0) is 97.8 Å². The minimum Gasteiger partial charge on any atom is -0.418 e. The molecular weight excluding hydrogens is 621 g/mol. The molecular formula is C33H27BCl3F4P. The summed E-state index contributed by atoms with van der Waals surface area (Å²) in [5, 5.41) is 5.89. The third kappa shape index (κ3) is 7.76. The maximum Gasteiger partial charge on any atom is 0.673 e. The molecule has 0 fully saturated rings. The lowest BCUT2D eigenvalue weighted by Crippen LogP contribution is -2.35. The first-order valence-electron chi connectivity index (χ1n) is 13.1. The van der Waals surface area contributed by atoms with Crippen LogP contribution >= 0.6 is 42.1 Å². The van der Waals surface area contributed by atoms with Crippen molar-refractivity contribution in [1.82, 2.24) is 0 Å². The van der Waals surface area contributed by atoms with Gasteiger partial charge in [-0.2, -0.15) is 0 Å². The van der Waals surface area contributed by atoms with Crippen LogP contribution in [0.1, 0.15) is 27.9 Å². The van der Waals surface area contributed by atoms with Gasteiger partial charge in [0, 0.05) is 15.1 Å². The fraction of sp³-hybridized carbons (Fsp3) is 0.0909. The zero-order valence-corrected chi connectivity index (χ0v) is 26.0. The Labute approximate surface area is 259 Å². The van der Waals surface area contributed by atoms with Gasteiger partial charge in [-0.3, -0.25) is 0 Å². The van der Waals surface area contributed by atoms with E-state index in [4.69, 9.17) is 34.8 Å². The minimum absolute atomic E-state index is 0.0530. The van der Waals surface area contributed by atoms with Crippen molar-refractivity contribution in [3.8, 4) is 0 Å². The Morgan fingerprint density at radius 1 is 0.452 bits per heavy atom. The topological polar surface area (TPSA) is 0 Å². The molecule has 9 heteroatoms. The predicted octanol–water partition coefficient (Wildman–Crippen LogP) is 10.6.